The summed E-state index contributed by atoms with van der Waals surface area (Å²) in [5, 5.41) is 20.6. The van der Waals surface area contributed by atoms with Crippen LogP contribution in [0.4, 0.5) is 0 Å². The van der Waals surface area contributed by atoms with Crippen molar-refractivity contribution in [2.45, 2.75) is 31.9 Å². The van der Waals surface area contributed by atoms with Crippen LogP contribution in [0.2, 0.25) is 5.02 Å². The van der Waals surface area contributed by atoms with Gasteiger partial charge in [0.25, 0.3) is 0 Å². The summed E-state index contributed by atoms with van der Waals surface area (Å²) in [7, 11) is 0. The molecule has 1 atom stereocenters. The lowest BCUT2D eigenvalue weighted by Crippen LogP contribution is -2.40. The number of phenols is 1. The summed E-state index contributed by atoms with van der Waals surface area (Å²) in [5.74, 6) is 0.220. The summed E-state index contributed by atoms with van der Waals surface area (Å²) in [6.45, 7) is 2.05. The fraction of sp³-hybridized carbons (Fsp3) is 0.139. The van der Waals surface area contributed by atoms with E-state index in [4.69, 9.17) is 16.3 Å². The van der Waals surface area contributed by atoms with Gasteiger partial charge in [0.05, 0.1) is 5.56 Å². The monoisotopic (exact) mass is 574 g/mol. The third kappa shape index (κ3) is 5.31. The van der Waals surface area contributed by atoms with Gasteiger partial charge >= 0.3 is 0 Å². The normalized spacial score (nSPS) is 16.2. The molecule has 42 heavy (non-hydrogen) atoms. The minimum absolute atomic E-state index is 0.0672. The van der Waals surface area contributed by atoms with Crippen molar-refractivity contribution in [2.24, 2.45) is 0 Å². The Morgan fingerprint density at radius 1 is 0.833 bits per heavy atom. The number of amides is 1. The second kappa shape index (κ2) is 11.6. The SMILES string of the molecule is CCCCC(=O)NC1=C(c2ccc(Cl)cc2)NC(c2ccc(-c3ccc4ccccc4c3)cc2)(c2ccccc2O)O1. The van der Waals surface area contributed by atoms with E-state index >= 15 is 0 Å². The molecular weight excluding hydrogens is 544 g/mol. The highest BCUT2D eigenvalue weighted by molar-refractivity contribution is 6.30. The molecule has 0 bridgehead atoms. The number of hydrogen-bond donors (Lipinski definition) is 3. The van der Waals surface area contributed by atoms with E-state index in [0.29, 0.717) is 28.6 Å². The Morgan fingerprint density at radius 2 is 1.50 bits per heavy atom. The number of hydrogen-bond acceptors (Lipinski definition) is 4. The molecule has 0 saturated heterocycles. The van der Waals surface area contributed by atoms with Crippen molar-refractivity contribution < 1.29 is 14.6 Å². The number of halogens is 1. The van der Waals surface area contributed by atoms with Crippen molar-refractivity contribution in [1.29, 1.82) is 0 Å². The molecule has 0 saturated carbocycles. The van der Waals surface area contributed by atoms with Gasteiger partial charge in [0.2, 0.25) is 17.5 Å². The molecule has 1 aliphatic heterocycles. The minimum Gasteiger partial charge on any atom is -0.507 e. The van der Waals surface area contributed by atoms with E-state index in [0.717, 1.165) is 35.1 Å². The number of ether oxygens (including phenoxy) is 1. The molecule has 0 aliphatic carbocycles. The molecule has 0 radical (unpaired) electrons. The van der Waals surface area contributed by atoms with Gasteiger partial charge in [-0.15, -0.1) is 0 Å². The maximum Gasteiger partial charge on any atom is 0.239 e. The number of fused-ring (bicyclic) bond motifs is 1. The van der Waals surface area contributed by atoms with Gasteiger partial charge in [-0.1, -0.05) is 110 Å². The van der Waals surface area contributed by atoms with Gasteiger partial charge in [0.15, 0.2) is 0 Å². The molecule has 210 valence electrons. The summed E-state index contributed by atoms with van der Waals surface area (Å²) < 4.78 is 6.70. The fourth-order valence-corrected chi connectivity index (χ4v) is 5.47. The number of rotatable bonds is 8. The number of carbonyl (C=O) groups is 1. The number of phenolic OH excluding ortho intramolecular Hbond substituents is 1. The molecule has 6 rings (SSSR count). The third-order valence-corrected chi connectivity index (χ3v) is 7.84. The van der Waals surface area contributed by atoms with Gasteiger partial charge in [-0.2, -0.15) is 0 Å². The summed E-state index contributed by atoms with van der Waals surface area (Å²) in [6.07, 6.45) is 2.05. The van der Waals surface area contributed by atoms with Crippen LogP contribution in [0.5, 0.6) is 5.75 Å². The molecule has 1 aliphatic rings. The molecule has 5 nitrogen and oxygen atoms in total. The van der Waals surface area contributed by atoms with Crippen LogP contribution in [-0.4, -0.2) is 11.0 Å². The maximum atomic E-state index is 12.9. The predicted molar refractivity (Wildman–Crippen MR) is 169 cm³/mol. The van der Waals surface area contributed by atoms with Crippen LogP contribution >= 0.6 is 11.6 Å². The van der Waals surface area contributed by atoms with Gasteiger partial charge in [-0.25, -0.2) is 0 Å². The number of benzene rings is 5. The Morgan fingerprint density at radius 3 is 2.24 bits per heavy atom. The summed E-state index contributed by atoms with van der Waals surface area (Å²) in [6, 6.07) is 37.2. The zero-order chi connectivity index (χ0) is 29.1. The van der Waals surface area contributed by atoms with Crippen molar-refractivity contribution in [3.05, 3.63) is 143 Å². The molecule has 3 N–H and O–H groups in total. The van der Waals surface area contributed by atoms with E-state index in [9.17, 15) is 9.90 Å². The number of para-hydroxylation sites is 1. The van der Waals surface area contributed by atoms with Crippen molar-refractivity contribution in [3.63, 3.8) is 0 Å². The standard InChI is InChI=1S/C36H31ClN2O3/c1-2-3-12-33(41)38-35-34(26-17-21-30(37)22-18-26)39-36(42-35,31-10-6-7-11-32(31)40)29-19-15-25(16-20-29)28-14-13-24-8-4-5-9-27(24)23-28/h4-11,13-23,39-40H,2-3,12H2,1H3,(H,38,41). The molecular formula is C36H31ClN2O3. The van der Waals surface area contributed by atoms with Crippen LogP contribution in [0.25, 0.3) is 27.6 Å². The first-order valence-electron chi connectivity index (χ1n) is 14.1. The second-order valence-electron chi connectivity index (χ2n) is 10.4. The Kier molecular flexibility index (Phi) is 7.60. The zero-order valence-corrected chi connectivity index (χ0v) is 24.0. The first kappa shape index (κ1) is 27.4. The van der Waals surface area contributed by atoms with Crippen LogP contribution in [0.3, 0.4) is 0 Å². The maximum absolute atomic E-state index is 12.9. The van der Waals surface area contributed by atoms with Crippen LogP contribution in [-0.2, 0) is 15.3 Å². The van der Waals surface area contributed by atoms with E-state index < -0.39 is 5.72 Å². The Labute approximate surface area is 250 Å². The van der Waals surface area contributed by atoms with Gasteiger partial charge in [-0.3, -0.25) is 10.1 Å². The topological polar surface area (TPSA) is 70.6 Å². The van der Waals surface area contributed by atoms with Crippen LogP contribution in [0, 0.1) is 0 Å². The number of carbonyl (C=O) groups excluding carboxylic acids is 1. The highest BCUT2D eigenvalue weighted by Gasteiger charge is 2.46. The Hall–Kier alpha value is -4.74. The smallest absolute Gasteiger partial charge is 0.239 e. The van der Waals surface area contributed by atoms with Crippen molar-refractivity contribution in [3.8, 4) is 16.9 Å². The number of unbranched alkanes of at least 4 members (excludes halogenated alkanes) is 1. The van der Waals surface area contributed by atoms with Gasteiger partial charge < -0.3 is 15.2 Å². The highest BCUT2D eigenvalue weighted by atomic mass is 35.5. The largest absolute Gasteiger partial charge is 0.507 e. The molecule has 1 heterocycles. The van der Waals surface area contributed by atoms with E-state index in [1.54, 1.807) is 24.3 Å². The Balaban J connectivity index is 1.43. The van der Waals surface area contributed by atoms with Crippen LogP contribution in [0.15, 0.2) is 121 Å². The van der Waals surface area contributed by atoms with E-state index in [2.05, 4.69) is 41.0 Å². The van der Waals surface area contributed by atoms with Gasteiger partial charge in [0.1, 0.15) is 11.4 Å². The van der Waals surface area contributed by atoms with Crippen LogP contribution < -0.4 is 10.6 Å². The average molecular weight is 575 g/mol. The quantitative estimate of drug-likeness (QED) is 0.174. The summed E-state index contributed by atoms with van der Waals surface area (Å²) >= 11 is 6.19. The summed E-state index contributed by atoms with van der Waals surface area (Å²) in [4.78, 5) is 12.9. The predicted octanol–water partition coefficient (Wildman–Crippen LogP) is 8.32. The lowest BCUT2D eigenvalue weighted by Gasteiger charge is -2.32. The third-order valence-electron chi connectivity index (χ3n) is 7.58. The highest BCUT2D eigenvalue weighted by Crippen LogP contribution is 2.44. The number of nitrogens with one attached hydrogen (secondary N) is 2. The fourth-order valence-electron chi connectivity index (χ4n) is 5.34. The molecule has 6 heteroatoms. The molecule has 1 unspecified atom stereocenters. The molecule has 5 aromatic rings. The minimum atomic E-state index is -1.31. The molecule has 1 amide bonds. The molecule has 0 aromatic heterocycles. The first-order valence-corrected chi connectivity index (χ1v) is 14.5. The average Bonchev–Trinajstić information content (AvgIpc) is 3.40. The van der Waals surface area contributed by atoms with Crippen LogP contribution in [0.1, 0.15) is 42.9 Å². The molecule has 0 spiro atoms. The van der Waals surface area contributed by atoms with E-state index in [1.165, 1.54) is 10.8 Å². The first-order chi connectivity index (χ1) is 20.5. The van der Waals surface area contributed by atoms with Crippen molar-refractivity contribution in [1.82, 2.24) is 10.6 Å². The second-order valence-corrected chi connectivity index (χ2v) is 10.9. The lowest BCUT2D eigenvalue weighted by molar-refractivity contribution is -0.121. The van der Waals surface area contributed by atoms with Gasteiger partial charge in [-0.05, 0) is 58.7 Å². The van der Waals surface area contributed by atoms with Gasteiger partial charge in [0, 0.05) is 22.6 Å². The van der Waals surface area contributed by atoms with Crippen molar-refractivity contribution >= 4 is 34.0 Å². The lowest BCUT2D eigenvalue weighted by atomic mass is 9.91. The number of aromatic hydroxyl groups is 1. The molecule has 0 fully saturated rings. The van der Waals surface area contributed by atoms with E-state index in [-0.39, 0.29) is 11.7 Å². The van der Waals surface area contributed by atoms with E-state index in [1.807, 2.05) is 67.6 Å². The summed E-state index contributed by atoms with van der Waals surface area (Å²) in [5.41, 5.74) is 3.50. The molecule has 5 aromatic carbocycles. The zero-order valence-electron chi connectivity index (χ0n) is 23.2. The Bertz CT molecular complexity index is 1780. The van der Waals surface area contributed by atoms with Crippen molar-refractivity contribution in [2.75, 3.05) is 0 Å².